The SMILES string of the molecule is Nc1ncnc2c1ncn2[C@@H]1O[C@@H]2COP(=O)(O)O[C@H]3C[C@H](n4cnc5c(N)ncnc54)O[C@@H]3CO[P@](=O)(S)O[C@H]2[C@H]1F. The monoisotopic (exact) mass is 660 g/mol. The van der Waals surface area contributed by atoms with E-state index < -0.39 is 70.9 Å². The number of phosphoric acid groups is 1. The molecule has 1 unspecified atom stereocenters. The van der Waals surface area contributed by atoms with Gasteiger partial charge in [-0.1, -0.05) is 12.2 Å². The van der Waals surface area contributed by atoms with Crippen molar-refractivity contribution in [1.82, 2.24) is 39.0 Å². The largest absolute Gasteiger partial charge is 0.472 e. The first-order chi connectivity index (χ1) is 20.5. The normalized spacial score (nSPS) is 37.1. The number of hydrogen-bond donors (Lipinski definition) is 4. The Bertz CT molecular complexity index is 1800. The highest BCUT2D eigenvalue weighted by atomic mass is 32.7. The van der Waals surface area contributed by atoms with E-state index in [1.165, 1.54) is 34.4 Å². The van der Waals surface area contributed by atoms with E-state index in [2.05, 4.69) is 42.2 Å². The Labute approximate surface area is 245 Å². The fraction of sp³-hybridized carbons (Fsp3) is 0.500. The molecule has 43 heavy (non-hydrogen) atoms. The number of hydrogen-bond acceptors (Lipinski definition) is 16. The maximum absolute atomic E-state index is 15.9. The van der Waals surface area contributed by atoms with Gasteiger partial charge in [-0.2, -0.15) is 0 Å². The van der Waals surface area contributed by atoms with Gasteiger partial charge in [0.2, 0.25) is 0 Å². The van der Waals surface area contributed by atoms with Gasteiger partial charge in [0.15, 0.2) is 35.3 Å². The molecule has 5 N–H and O–H groups in total. The lowest BCUT2D eigenvalue weighted by Gasteiger charge is -2.27. The summed E-state index contributed by atoms with van der Waals surface area (Å²) < 4.78 is 78.5. The second-order valence-corrected chi connectivity index (χ2v) is 14.1. The smallest absolute Gasteiger partial charge is 0.382 e. The number of ether oxygens (including phenoxy) is 2. The number of thiol groups is 1. The molecule has 0 spiro atoms. The zero-order chi connectivity index (χ0) is 30.1. The van der Waals surface area contributed by atoms with Crippen LogP contribution in [0.5, 0.6) is 0 Å². The standard InChI is InChI=1S/C20H23FN10O9P2S/c21-12-15-10(38-20(12)31-7-29-14-17(23)25-5-27-19(14)31)3-35-41(32,33)39-8-1-11(37-9(8)2-36-42(34,43)40-15)30-6-28-13-16(22)24-4-26-18(13)30/h4-12,15,20H,1-3H2,(H,32,33)(H,34,43)(H2,22,24,26)(H2,23,25,27)/t8-,9+,10+,11+,12+,15+,20+,42-/m0/s1. The van der Waals surface area contributed by atoms with Gasteiger partial charge in [0.05, 0.1) is 25.9 Å². The van der Waals surface area contributed by atoms with Gasteiger partial charge in [-0.05, 0) is 0 Å². The highest BCUT2D eigenvalue weighted by Crippen LogP contribution is 2.58. The molecule has 7 rings (SSSR count). The number of nitrogens with two attached hydrogens (primary N) is 2. The van der Waals surface area contributed by atoms with Crippen molar-refractivity contribution < 1.29 is 46.0 Å². The Hall–Kier alpha value is -2.84. The van der Waals surface area contributed by atoms with Crippen molar-refractivity contribution in [3.8, 4) is 0 Å². The summed E-state index contributed by atoms with van der Waals surface area (Å²) in [4.78, 5) is 34.9. The summed E-state index contributed by atoms with van der Waals surface area (Å²) in [6.07, 6.45) is -4.36. The molecule has 0 aromatic carbocycles. The maximum atomic E-state index is 15.9. The van der Waals surface area contributed by atoms with E-state index >= 15 is 4.39 Å². The average molecular weight is 660 g/mol. The molecule has 4 aromatic rings. The van der Waals surface area contributed by atoms with E-state index in [0.717, 1.165) is 0 Å². The van der Waals surface area contributed by atoms with Crippen LogP contribution in [0.2, 0.25) is 0 Å². The lowest BCUT2D eigenvalue weighted by atomic mass is 10.1. The third kappa shape index (κ3) is 5.28. The second-order valence-electron chi connectivity index (χ2n) is 9.78. The van der Waals surface area contributed by atoms with Crippen LogP contribution in [0.25, 0.3) is 22.3 Å². The first-order valence-corrected chi connectivity index (χ1v) is 16.8. The molecule has 0 radical (unpaired) electrons. The van der Waals surface area contributed by atoms with Crippen molar-refractivity contribution in [2.24, 2.45) is 0 Å². The molecule has 3 aliphatic rings. The number of fused-ring (bicyclic) bond motifs is 4. The molecule has 9 atom stereocenters. The van der Waals surface area contributed by atoms with Gasteiger partial charge in [0.25, 0.3) is 0 Å². The Morgan fingerprint density at radius 3 is 2.19 bits per heavy atom. The number of halogens is 1. The third-order valence-corrected chi connectivity index (χ3v) is 9.76. The van der Waals surface area contributed by atoms with Gasteiger partial charge in [-0.3, -0.25) is 27.2 Å². The number of phosphoric ester groups is 1. The molecule has 23 heteroatoms. The summed E-state index contributed by atoms with van der Waals surface area (Å²) in [7, 11) is -4.80. The van der Waals surface area contributed by atoms with Crippen LogP contribution in [0.1, 0.15) is 18.9 Å². The summed E-state index contributed by atoms with van der Waals surface area (Å²) >= 11 is 4.03. The zero-order valence-electron chi connectivity index (χ0n) is 21.6. The van der Waals surface area contributed by atoms with Crippen LogP contribution in [-0.4, -0.2) is 87.7 Å². The van der Waals surface area contributed by atoms with Gasteiger partial charge >= 0.3 is 14.6 Å². The van der Waals surface area contributed by atoms with Gasteiger partial charge in [0, 0.05) is 6.42 Å². The van der Waals surface area contributed by atoms with Crippen molar-refractivity contribution in [2.75, 3.05) is 24.7 Å². The summed E-state index contributed by atoms with van der Waals surface area (Å²) in [6.45, 7) is -5.46. The molecule has 0 aliphatic carbocycles. The summed E-state index contributed by atoms with van der Waals surface area (Å²) in [5.74, 6) is 0.206. The zero-order valence-corrected chi connectivity index (χ0v) is 24.3. The third-order valence-electron chi connectivity index (χ3n) is 7.13. The van der Waals surface area contributed by atoms with Crippen molar-refractivity contribution in [3.63, 3.8) is 0 Å². The number of nitrogen functional groups attached to an aromatic ring is 2. The molecular formula is C20H23FN10O9P2S. The lowest BCUT2D eigenvalue weighted by molar-refractivity contribution is -0.0605. The predicted molar refractivity (Wildman–Crippen MR) is 145 cm³/mol. The molecule has 3 fully saturated rings. The highest BCUT2D eigenvalue weighted by molar-refractivity contribution is 8.44. The van der Waals surface area contributed by atoms with Crippen molar-refractivity contribution >= 4 is 60.8 Å². The summed E-state index contributed by atoms with van der Waals surface area (Å²) in [5, 5.41) is 0. The van der Waals surface area contributed by atoms with Crippen LogP contribution in [0.3, 0.4) is 0 Å². The number of rotatable bonds is 2. The van der Waals surface area contributed by atoms with Crippen LogP contribution >= 0.6 is 26.9 Å². The number of aromatic nitrogens is 8. The summed E-state index contributed by atoms with van der Waals surface area (Å²) in [6, 6.07) is 0. The van der Waals surface area contributed by atoms with E-state index in [-0.39, 0.29) is 29.2 Å². The minimum Gasteiger partial charge on any atom is -0.382 e. The second kappa shape index (κ2) is 10.7. The molecule has 7 heterocycles. The molecule has 0 saturated carbocycles. The minimum atomic E-state index is -4.80. The fourth-order valence-corrected chi connectivity index (χ4v) is 7.61. The van der Waals surface area contributed by atoms with Crippen molar-refractivity contribution in [3.05, 3.63) is 25.3 Å². The molecule has 0 bridgehead atoms. The number of anilines is 2. The maximum Gasteiger partial charge on any atom is 0.472 e. The topological polar surface area (TPSA) is 249 Å². The van der Waals surface area contributed by atoms with E-state index in [4.69, 9.17) is 39.0 Å². The minimum absolute atomic E-state index is 0.00487. The molecular weight excluding hydrogens is 637 g/mol. The Morgan fingerprint density at radius 1 is 0.860 bits per heavy atom. The van der Waals surface area contributed by atoms with Crippen LogP contribution in [0.15, 0.2) is 25.3 Å². The average Bonchev–Trinajstić information content (AvgIpc) is 3.72. The number of imidazole rings is 2. The van der Waals surface area contributed by atoms with E-state index in [0.29, 0.717) is 11.2 Å². The molecule has 19 nitrogen and oxygen atoms in total. The Morgan fingerprint density at radius 2 is 1.49 bits per heavy atom. The Kier molecular flexibility index (Phi) is 7.16. The van der Waals surface area contributed by atoms with Crippen LogP contribution in [0.4, 0.5) is 16.0 Å². The number of nitrogens with zero attached hydrogens (tertiary/aromatic N) is 8. The van der Waals surface area contributed by atoms with Gasteiger partial charge in [-0.25, -0.2) is 43.4 Å². The first kappa shape index (κ1) is 28.9. The fourth-order valence-electron chi connectivity index (χ4n) is 5.17. The molecule has 0 amide bonds. The van der Waals surface area contributed by atoms with E-state index in [1.54, 1.807) is 0 Å². The Balaban J connectivity index is 1.15. The lowest BCUT2D eigenvalue weighted by Crippen LogP contribution is -2.35. The number of alkyl halides is 1. The van der Waals surface area contributed by atoms with Gasteiger partial charge in [-0.15, -0.1) is 0 Å². The van der Waals surface area contributed by atoms with Crippen molar-refractivity contribution in [2.45, 2.75) is 49.5 Å². The summed E-state index contributed by atoms with van der Waals surface area (Å²) in [5.41, 5.74) is 12.7. The highest BCUT2D eigenvalue weighted by Gasteiger charge is 2.52. The molecule has 3 saturated heterocycles. The van der Waals surface area contributed by atoms with Gasteiger partial charge in [0.1, 0.15) is 54.3 Å². The van der Waals surface area contributed by atoms with Crippen molar-refractivity contribution in [1.29, 1.82) is 0 Å². The van der Waals surface area contributed by atoms with Crippen LogP contribution in [-0.2, 0) is 36.7 Å². The van der Waals surface area contributed by atoms with E-state index in [1.807, 2.05) is 0 Å². The van der Waals surface area contributed by atoms with Gasteiger partial charge < -0.3 is 25.8 Å². The van der Waals surface area contributed by atoms with E-state index in [9.17, 15) is 14.0 Å². The predicted octanol–water partition coefficient (Wildman–Crippen LogP) is 1.31. The molecule has 230 valence electrons. The van der Waals surface area contributed by atoms with Crippen LogP contribution < -0.4 is 11.5 Å². The molecule has 4 aromatic heterocycles. The molecule has 3 aliphatic heterocycles. The quantitative estimate of drug-likeness (QED) is 0.175. The van der Waals surface area contributed by atoms with Crippen LogP contribution in [0, 0.1) is 0 Å². The first-order valence-electron chi connectivity index (χ1n) is 12.6.